The number of hydrogen-bond donors (Lipinski definition) is 1. The molecule has 1 fully saturated rings. The Morgan fingerprint density at radius 1 is 1.16 bits per heavy atom. The van der Waals surface area contributed by atoms with Gasteiger partial charge in [0.25, 0.3) is 0 Å². The Kier molecular flexibility index (Phi) is 4.31. The molecule has 1 aliphatic rings. The SMILES string of the molecule is CN1CCN(C(=O)NCc2cc(F)cc(F)c2)CC1. The molecule has 1 saturated heterocycles. The number of nitrogens with one attached hydrogen (secondary N) is 1. The average Bonchev–Trinajstić information content (AvgIpc) is 2.36. The summed E-state index contributed by atoms with van der Waals surface area (Å²) in [5.74, 6) is -1.27. The number of likely N-dealkylation sites (N-methyl/N-ethyl adjacent to an activating group) is 1. The molecule has 2 amide bonds. The first kappa shape index (κ1) is 13.7. The fourth-order valence-electron chi connectivity index (χ4n) is 2.01. The molecule has 4 nitrogen and oxygen atoms in total. The Morgan fingerprint density at radius 2 is 1.74 bits per heavy atom. The predicted molar refractivity (Wildman–Crippen MR) is 67.7 cm³/mol. The molecule has 0 saturated carbocycles. The van der Waals surface area contributed by atoms with Gasteiger partial charge in [-0.05, 0) is 24.7 Å². The molecular weight excluding hydrogens is 252 g/mol. The molecule has 0 unspecified atom stereocenters. The van der Waals surface area contributed by atoms with Crippen LogP contribution >= 0.6 is 0 Å². The second kappa shape index (κ2) is 5.97. The fourth-order valence-corrected chi connectivity index (χ4v) is 2.01. The summed E-state index contributed by atoms with van der Waals surface area (Å²) in [5, 5.41) is 2.67. The van der Waals surface area contributed by atoms with Crippen LogP contribution in [0.5, 0.6) is 0 Å². The first-order valence-electron chi connectivity index (χ1n) is 6.21. The Balaban J connectivity index is 1.86. The summed E-state index contributed by atoms with van der Waals surface area (Å²) in [5.41, 5.74) is 0.417. The summed E-state index contributed by atoms with van der Waals surface area (Å²) < 4.78 is 26.0. The van der Waals surface area contributed by atoms with E-state index < -0.39 is 11.6 Å². The topological polar surface area (TPSA) is 35.6 Å². The van der Waals surface area contributed by atoms with Crippen molar-refractivity contribution >= 4 is 6.03 Å². The number of hydrogen-bond acceptors (Lipinski definition) is 2. The molecule has 2 rings (SSSR count). The van der Waals surface area contributed by atoms with Crippen molar-refractivity contribution in [2.45, 2.75) is 6.54 Å². The Hall–Kier alpha value is -1.69. The molecule has 1 aromatic rings. The number of piperazine rings is 1. The smallest absolute Gasteiger partial charge is 0.317 e. The first-order chi connectivity index (χ1) is 9.04. The molecule has 1 heterocycles. The van der Waals surface area contributed by atoms with Gasteiger partial charge in [-0.25, -0.2) is 13.6 Å². The zero-order valence-electron chi connectivity index (χ0n) is 10.8. The maximum atomic E-state index is 13.0. The van der Waals surface area contributed by atoms with E-state index in [1.54, 1.807) is 4.90 Å². The standard InChI is InChI=1S/C13H17F2N3O/c1-17-2-4-18(5-3-17)13(19)16-9-10-6-11(14)8-12(15)7-10/h6-8H,2-5,9H2,1H3,(H,16,19). The third-order valence-corrected chi connectivity index (χ3v) is 3.16. The van der Waals surface area contributed by atoms with E-state index in [1.807, 2.05) is 7.05 Å². The number of carbonyl (C=O) groups excluding carboxylic acids is 1. The second-order valence-corrected chi connectivity index (χ2v) is 4.73. The van der Waals surface area contributed by atoms with E-state index in [-0.39, 0.29) is 12.6 Å². The van der Waals surface area contributed by atoms with Crippen LogP contribution in [0, 0.1) is 11.6 Å². The molecule has 6 heteroatoms. The van der Waals surface area contributed by atoms with Crippen molar-refractivity contribution in [3.63, 3.8) is 0 Å². The van der Waals surface area contributed by atoms with Gasteiger partial charge in [-0.1, -0.05) is 0 Å². The fraction of sp³-hybridized carbons (Fsp3) is 0.462. The quantitative estimate of drug-likeness (QED) is 0.881. The number of benzene rings is 1. The van der Waals surface area contributed by atoms with E-state index in [4.69, 9.17) is 0 Å². The zero-order valence-corrected chi connectivity index (χ0v) is 10.8. The van der Waals surface area contributed by atoms with Crippen LogP contribution in [0.25, 0.3) is 0 Å². The lowest BCUT2D eigenvalue weighted by molar-refractivity contribution is 0.154. The van der Waals surface area contributed by atoms with Crippen LogP contribution in [0.4, 0.5) is 13.6 Å². The molecule has 0 aromatic heterocycles. The van der Waals surface area contributed by atoms with Crippen LogP contribution in [0.1, 0.15) is 5.56 Å². The van der Waals surface area contributed by atoms with E-state index in [1.165, 1.54) is 12.1 Å². The maximum absolute atomic E-state index is 13.0. The van der Waals surface area contributed by atoms with E-state index in [2.05, 4.69) is 10.2 Å². The van der Waals surface area contributed by atoms with Gasteiger partial charge in [-0.3, -0.25) is 0 Å². The average molecular weight is 269 g/mol. The molecular formula is C13H17F2N3O. The van der Waals surface area contributed by atoms with Gasteiger partial charge in [-0.2, -0.15) is 0 Å². The number of halogens is 2. The molecule has 104 valence electrons. The predicted octanol–water partition coefficient (Wildman–Crippen LogP) is 1.42. The molecule has 19 heavy (non-hydrogen) atoms. The van der Waals surface area contributed by atoms with E-state index in [9.17, 15) is 13.6 Å². The zero-order chi connectivity index (χ0) is 13.8. The van der Waals surface area contributed by atoms with Gasteiger partial charge in [0, 0.05) is 38.8 Å². The van der Waals surface area contributed by atoms with Crippen molar-refractivity contribution in [1.29, 1.82) is 0 Å². The maximum Gasteiger partial charge on any atom is 0.317 e. The minimum Gasteiger partial charge on any atom is -0.334 e. The molecule has 0 atom stereocenters. The summed E-state index contributed by atoms with van der Waals surface area (Å²) >= 11 is 0. The minimum atomic E-state index is -0.635. The van der Waals surface area contributed by atoms with Crippen molar-refractivity contribution in [3.8, 4) is 0 Å². The van der Waals surface area contributed by atoms with E-state index in [0.29, 0.717) is 18.7 Å². The van der Waals surface area contributed by atoms with Crippen LogP contribution in [-0.4, -0.2) is 49.1 Å². The van der Waals surface area contributed by atoms with Gasteiger partial charge in [0.05, 0.1) is 0 Å². The van der Waals surface area contributed by atoms with E-state index in [0.717, 1.165) is 19.2 Å². The van der Waals surface area contributed by atoms with Crippen molar-refractivity contribution in [2.24, 2.45) is 0 Å². The summed E-state index contributed by atoms with van der Waals surface area (Å²) in [6.07, 6.45) is 0. The molecule has 0 bridgehead atoms. The molecule has 0 radical (unpaired) electrons. The number of carbonyl (C=O) groups is 1. The summed E-state index contributed by atoms with van der Waals surface area (Å²) in [4.78, 5) is 15.7. The second-order valence-electron chi connectivity index (χ2n) is 4.73. The van der Waals surface area contributed by atoms with Gasteiger partial charge in [0.15, 0.2) is 0 Å². The van der Waals surface area contributed by atoms with Crippen LogP contribution < -0.4 is 5.32 Å². The van der Waals surface area contributed by atoms with Crippen molar-refractivity contribution in [1.82, 2.24) is 15.1 Å². The first-order valence-corrected chi connectivity index (χ1v) is 6.21. The Morgan fingerprint density at radius 3 is 2.32 bits per heavy atom. The monoisotopic (exact) mass is 269 g/mol. The molecule has 1 aromatic carbocycles. The van der Waals surface area contributed by atoms with Crippen molar-refractivity contribution in [2.75, 3.05) is 33.2 Å². The van der Waals surface area contributed by atoms with Gasteiger partial charge in [-0.15, -0.1) is 0 Å². The lowest BCUT2D eigenvalue weighted by atomic mass is 10.2. The van der Waals surface area contributed by atoms with Gasteiger partial charge < -0.3 is 15.1 Å². The molecule has 0 spiro atoms. The number of rotatable bonds is 2. The number of urea groups is 1. The Bertz CT molecular complexity index is 439. The summed E-state index contributed by atoms with van der Waals surface area (Å²) in [7, 11) is 2.00. The Labute approximate surface area is 111 Å². The van der Waals surface area contributed by atoms with E-state index >= 15 is 0 Å². The highest BCUT2D eigenvalue weighted by molar-refractivity contribution is 5.74. The van der Waals surface area contributed by atoms with Gasteiger partial charge in [0.1, 0.15) is 11.6 Å². The highest BCUT2D eigenvalue weighted by Gasteiger charge is 2.18. The third kappa shape index (κ3) is 3.89. The van der Waals surface area contributed by atoms with Crippen molar-refractivity contribution < 1.29 is 13.6 Å². The molecule has 0 aliphatic carbocycles. The number of nitrogens with zero attached hydrogens (tertiary/aromatic N) is 2. The highest BCUT2D eigenvalue weighted by atomic mass is 19.1. The summed E-state index contributed by atoms with van der Waals surface area (Å²) in [6.45, 7) is 3.13. The van der Waals surface area contributed by atoms with Gasteiger partial charge >= 0.3 is 6.03 Å². The van der Waals surface area contributed by atoms with Crippen molar-refractivity contribution in [3.05, 3.63) is 35.4 Å². The molecule has 1 aliphatic heterocycles. The van der Waals surface area contributed by atoms with Crippen LogP contribution in [0.3, 0.4) is 0 Å². The lowest BCUT2D eigenvalue weighted by Gasteiger charge is -2.32. The van der Waals surface area contributed by atoms with Crippen LogP contribution in [-0.2, 0) is 6.54 Å². The van der Waals surface area contributed by atoms with Gasteiger partial charge in [0.2, 0.25) is 0 Å². The molecule has 1 N–H and O–H groups in total. The number of amides is 2. The largest absolute Gasteiger partial charge is 0.334 e. The van der Waals surface area contributed by atoms with Crippen LogP contribution in [0.15, 0.2) is 18.2 Å². The third-order valence-electron chi connectivity index (χ3n) is 3.16. The minimum absolute atomic E-state index is 0.125. The normalized spacial score (nSPS) is 16.5. The van der Waals surface area contributed by atoms with Crippen LogP contribution in [0.2, 0.25) is 0 Å². The highest BCUT2D eigenvalue weighted by Crippen LogP contribution is 2.08. The lowest BCUT2D eigenvalue weighted by Crippen LogP contribution is -2.50. The summed E-state index contributed by atoms with van der Waals surface area (Å²) in [6, 6.07) is 3.05.